The average Bonchev–Trinajstić information content (AvgIpc) is 3.16. The summed E-state index contributed by atoms with van der Waals surface area (Å²) in [6.45, 7) is 7.24. The molecule has 0 unspecified atom stereocenters. The monoisotopic (exact) mass is 421 g/mol. The van der Waals surface area contributed by atoms with Crippen LogP contribution in [0.4, 0.5) is 5.82 Å². The Morgan fingerprint density at radius 1 is 1.23 bits per heavy atom. The number of hydrogen-bond donors (Lipinski definition) is 1. The minimum atomic E-state index is -0.300. The molecule has 2 atom stereocenters. The van der Waals surface area contributed by atoms with Crippen molar-refractivity contribution >= 4 is 28.7 Å². The zero-order valence-corrected chi connectivity index (χ0v) is 18.3. The Kier molecular flexibility index (Phi) is 5.63. The van der Waals surface area contributed by atoms with Gasteiger partial charge in [0.25, 0.3) is 0 Å². The minimum Gasteiger partial charge on any atom is -0.469 e. The fourth-order valence-corrected chi connectivity index (χ4v) is 4.47. The van der Waals surface area contributed by atoms with E-state index in [2.05, 4.69) is 28.7 Å². The number of fused-ring (bicyclic) bond motifs is 1. The van der Waals surface area contributed by atoms with Gasteiger partial charge in [-0.2, -0.15) is 0 Å². The van der Waals surface area contributed by atoms with Crippen LogP contribution in [0, 0.1) is 0 Å². The summed E-state index contributed by atoms with van der Waals surface area (Å²) in [6.07, 6.45) is 3.75. The molecule has 3 aromatic heterocycles. The summed E-state index contributed by atoms with van der Waals surface area (Å²) < 4.78 is 4.77. The fourth-order valence-electron chi connectivity index (χ4n) is 4.47. The summed E-state index contributed by atoms with van der Waals surface area (Å²) in [4.78, 5) is 40.3. The second-order valence-electron chi connectivity index (χ2n) is 8.11. The van der Waals surface area contributed by atoms with Gasteiger partial charge in [-0.15, -0.1) is 0 Å². The Labute approximate surface area is 181 Å². The molecule has 4 heterocycles. The highest BCUT2D eigenvalue weighted by atomic mass is 16.5. The molecule has 4 rings (SSSR count). The van der Waals surface area contributed by atoms with Gasteiger partial charge >= 0.3 is 5.97 Å². The molecule has 1 aliphatic heterocycles. The summed E-state index contributed by atoms with van der Waals surface area (Å²) >= 11 is 0. The fraction of sp³-hybridized carbons (Fsp3) is 0.391. The Morgan fingerprint density at radius 3 is 2.65 bits per heavy atom. The van der Waals surface area contributed by atoms with Gasteiger partial charge in [-0.1, -0.05) is 6.07 Å². The third-order valence-electron chi connectivity index (χ3n) is 5.78. The average molecular weight is 422 g/mol. The maximum absolute atomic E-state index is 12.0. The zero-order valence-electron chi connectivity index (χ0n) is 18.3. The van der Waals surface area contributed by atoms with Gasteiger partial charge in [-0.3, -0.25) is 9.59 Å². The second kappa shape index (κ2) is 8.37. The van der Waals surface area contributed by atoms with Gasteiger partial charge in [-0.25, -0.2) is 9.97 Å². The highest BCUT2D eigenvalue weighted by Crippen LogP contribution is 2.29. The number of carbonyl (C=O) groups is 2. The van der Waals surface area contributed by atoms with E-state index in [0.29, 0.717) is 0 Å². The molecular weight excluding hydrogens is 394 g/mol. The van der Waals surface area contributed by atoms with Crippen LogP contribution in [-0.4, -0.2) is 64.0 Å². The number of rotatable bonds is 4. The number of hydrogen-bond acceptors (Lipinski definition) is 6. The number of ether oxygens (including phenoxy) is 1. The van der Waals surface area contributed by atoms with Crippen LogP contribution >= 0.6 is 0 Å². The molecule has 1 saturated heterocycles. The molecule has 0 aromatic carbocycles. The van der Waals surface area contributed by atoms with Crippen molar-refractivity contribution in [3.63, 3.8) is 0 Å². The molecule has 31 heavy (non-hydrogen) atoms. The van der Waals surface area contributed by atoms with Gasteiger partial charge in [0.1, 0.15) is 11.5 Å². The molecule has 0 radical (unpaired) electrons. The van der Waals surface area contributed by atoms with E-state index in [1.807, 2.05) is 35.4 Å². The third kappa shape index (κ3) is 4.10. The number of methoxy groups -OCH3 is 1. The molecule has 1 fully saturated rings. The summed E-state index contributed by atoms with van der Waals surface area (Å²) in [5.41, 5.74) is 3.29. The van der Waals surface area contributed by atoms with Crippen molar-refractivity contribution in [1.29, 1.82) is 0 Å². The molecule has 8 heteroatoms. The predicted octanol–water partition coefficient (Wildman–Crippen LogP) is 2.79. The van der Waals surface area contributed by atoms with Crippen molar-refractivity contribution in [1.82, 2.24) is 19.9 Å². The largest absolute Gasteiger partial charge is 0.469 e. The second-order valence-corrected chi connectivity index (χ2v) is 8.11. The molecule has 0 aliphatic carbocycles. The van der Waals surface area contributed by atoms with E-state index in [1.165, 1.54) is 7.11 Å². The lowest BCUT2D eigenvalue weighted by Crippen LogP contribution is -2.58. The van der Waals surface area contributed by atoms with Gasteiger partial charge in [0.05, 0.1) is 19.2 Å². The van der Waals surface area contributed by atoms with Crippen LogP contribution < -0.4 is 4.90 Å². The topological polar surface area (TPSA) is 91.4 Å². The molecule has 1 N–H and O–H groups in total. The number of aromatic nitrogens is 3. The van der Waals surface area contributed by atoms with Crippen molar-refractivity contribution in [3.05, 3.63) is 42.2 Å². The first kappa shape index (κ1) is 20.8. The number of nitrogens with one attached hydrogen (secondary N) is 1. The number of esters is 1. The predicted molar refractivity (Wildman–Crippen MR) is 119 cm³/mol. The quantitative estimate of drug-likeness (QED) is 0.652. The summed E-state index contributed by atoms with van der Waals surface area (Å²) in [5, 5.41) is 0.911. The van der Waals surface area contributed by atoms with E-state index in [1.54, 1.807) is 13.1 Å². The molecule has 0 bridgehead atoms. The number of aromatic amines is 1. The number of carbonyl (C=O) groups excluding carboxylic acids is 2. The lowest BCUT2D eigenvalue weighted by Gasteiger charge is -2.44. The van der Waals surface area contributed by atoms with E-state index in [-0.39, 0.29) is 30.4 Å². The van der Waals surface area contributed by atoms with E-state index >= 15 is 0 Å². The first-order valence-electron chi connectivity index (χ1n) is 10.4. The Balaban J connectivity index is 1.64. The smallest absolute Gasteiger partial charge is 0.310 e. The maximum Gasteiger partial charge on any atom is 0.310 e. The van der Waals surface area contributed by atoms with Crippen molar-refractivity contribution in [3.8, 4) is 11.3 Å². The van der Waals surface area contributed by atoms with Gasteiger partial charge < -0.3 is 19.5 Å². The Bertz CT molecular complexity index is 1110. The standard InChI is InChI=1S/C23H27N5O3/c1-14-12-27(13-15(2)28(14)16(3)29)21-7-5-6-20(26-21)19-11-25-23-18(19)8-17(10-24-23)9-22(30)31-4/h5-8,10-11,14-15H,9,12-13H2,1-4H3,(H,24,25)/t14-,15+. The molecule has 0 spiro atoms. The molecule has 1 aliphatic rings. The van der Waals surface area contributed by atoms with Crippen LogP contribution in [0.2, 0.25) is 0 Å². The van der Waals surface area contributed by atoms with Crippen LogP contribution in [0.5, 0.6) is 0 Å². The number of piperazine rings is 1. The number of amides is 1. The first-order chi connectivity index (χ1) is 14.9. The van der Waals surface area contributed by atoms with E-state index in [9.17, 15) is 9.59 Å². The molecule has 3 aromatic rings. The molecule has 0 saturated carbocycles. The van der Waals surface area contributed by atoms with Crippen LogP contribution in [0.3, 0.4) is 0 Å². The van der Waals surface area contributed by atoms with E-state index < -0.39 is 0 Å². The Hall–Kier alpha value is -3.42. The summed E-state index contributed by atoms with van der Waals surface area (Å²) in [5.74, 6) is 0.689. The van der Waals surface area contributed by atoms with Crippen molar-refractivity contribution in [2.45, 2.75) is 39.3 Å². The first-order valence-corrected chi connectivity index (χ1v) is 10.4. The van der Waals surface area contributed by atoms with Gasteiger partial charge in [0.2, 0.25) is 5.91 Å². The molecular formula is C23H27N5O3. The lowest BCUT2D eigenvalue weighted by molar-refractivity contribution is -0.139. The van der Waals surface area contributed by atoms with Crippen molar-refractivity contribution < 1.29 is 14.3 Å². The SMILES string of the molecule is COC(=O)Cc1cnc2[nH]cc(-c3cccc(N4C[C@@H](C)N(C(C)=O)[C@@H](C)C4)n3)c2c1. The maximum atomic E-state index is 12.0. The summed E-state index contributed by atoms with van der Waals surface area (Å²) in [6, 6.07) is 8.15. The molecule has 8 nitrogen and oxygen atoms in total. The summed E-state index contributed by atoms with van der Waals surface area (Å²) in [7, 11) is 1.38. The van der Waals surface area contributed by atoms with Crippen molar-refractivity contribution in [2.75, 3.05) is 25.1 Å². The highest BCUT2D eigenvalue weighted by Gasteiger charge is 2.31. The van der Waals surface area contributed by atoms with Gasteiger partial charge in [0.15, 0.2) is 0 Å². The minimum absolute atomic E-state index is 0.107. The lowest BCUT2D eigenvalue weighted by atomic mass is 10.1. The van der Waals surface area contributed by atoms with Crippen LogP contribution in [0.25, 0.3) is 22.3 Å². The number of pyridine rings is 2. The normalized spacial score (nSPS) is 19.0. The number of anilines is 1. The van der Waals surface area contributed by atoms with E-state index in [0.717, 1.165) is 46.8 Å². The van der Waals surface area contributed by atoms with Crippen LogP contribution in [0.15, 0.2) is 36.7 Å². The Morgan fingerprint density at radius 2 is 1.97 bits per heavy atom. The molecule has 1 amide bonds. The number of nitrogens with zero attached hydrogens (tertiary/aromatic N) is 4. The van der Waals surface area contributed by atoms with Crippen molar-refractivity contribution in [2.24, 2.45) is 0 Å². The van der Waals surface area contributed by atoms with Gasteiger partial charge in [0, 0.05) is 55.4 Å². The van der Waals surface area contributed by atoms with Crippen LogP contribution in [-0.2, 0) is 20.7 Å². The third-order valence-corrected chi connectivity index (χ3v) is 5.78. The molecule has 162 valence electrons. The zero-order chi connectivity index (χ0) is 22.1. The highest BCUT2D eigenvalue weighted by molar-refractivity contribution is 5.93. The van der Waals surface area contributed by atoms with E-state index in [4.69, 9.17) is 9.72 Å². The number of H-pyrrole nitrogens is 1. The van der Waals surface area contributed by atoms with Gasteiger partial charge in [-0.05, 0) is 37.6 Å². The van der Waals surface area contributed by atoms with Crippen LogP contribution in [0.1, 0.15) is 26.3 Å².